The number of aromatic nitrogens is 1. The molecule has 0 fully saturated rings. The van der Waals surface area contributed by atoms with E-state index in [4.69, 9.17) is 11.6 Å². The van der Waals surface area contributed by atoms with Gasteiger partial charge >= 0.3 is 6.03 Å². The monoisotopic (exact) mass is 360 g/mol. The summed E-state index contributed by atoms with van der Waals surface area (Å²) >= 11 is 5.79. The van der Waals surface area contributed by atoms with Crippen molar-refractivity contribution in [3.63, 3.8) is 0 Å². The Hall–Kier alpha value is -2.60. The van der Waals surface area contributed by atoms with Gasteiger partial charge in [-0.25, -0.2) is 4.79 Å². The Balaban J connectivity index is 1.53. The van der Waals surface area contributed by atoms with Crippen LogP contribution in [0.5, 0.6) is 0 Å². The van der Waals surface area contributed by atoms with Crippen molar-refractivity contribution in [1.82, 2.24) is 15.6 Å². The minimum atomic E-state index is -0.242. The molecule has 3 amide bonds. The lowest BCUT2D eigenvalue weighted by molar-refractivity contribution is -0.116. The van der Waals surface area contributed by atoms with Crippen molar-refractivity contribution in [2.24, 2.45) is 0 Å². The number of pyridine rings is 1. The predicted octanol–water partition coefficient (Wildman–Crippen LogP) is 3.00. The Kier molecular flexibility index (Phi) is 7.72. The smallest absolute Gasteiger partial charge is 0.314 e. The third kappa shape index (κ3) is 7.67. The number of halogens is 1. The highest BCUT2D eigenvalue weighted by Gasteiger charge is 2.04. The standard InChI is InChI=1S/C18H21ClN4O2/c19-14-6-8-16(9-7-14)23-17(24)5-3-12-21-18(25)22-13-10-15-4-1-2-11-20-15/h1-2,4,6-9,11H,3,5,10,12-13H2,(H,23,24)(H2,21,22,25). The van der Waals surface area contributed by atoms with Crippen molar-refractivity contribution in [3.8, 4) is 0 Å². The highest BCUT2D eigenvalue weighted by molar-refractivity contribution is 6.30. The molecule has 0 aliphatic rings. The number of hydrogen-bond donors (Lipinski definition) is 3. The van der Waals surface area contributed by atoms with Gasteiger partial charge < -0.3 is 16.0 Å². The second-order valence-electron chi connectivity index (χ2n) is 5.41. The van der Waals surface area contributed by atoms with Gasteiger partial charge in [-0.1, -0.05) is 17.7 Å². The molecule has 1 aromatic heterocycles. The fourth-order valence-corrected chi connectivity index (χ4v) is 2.25. The third-order valence-corrected chi connectivity index (χ3v) is 3.64. The maximum atomic E-state index is 11.8. The van der Waals surface area contributed by atoms with Crippen LogP contribution in [0, 0.1) is 0 Å². The molecule has 0 spiro atoms. The first-order valence-electron chi connectivity index (χ1n) is 8.10. The number of hydrogen-bond acceptors (Lipinski definition) is 3. The van der Waals surface area contributed by atoms with Gasteiger partial charge in [0.1, 0.15) is 0 Å². The lowest BCUT2D eigenvalue weighted by Gasteiger charge is -2.08. The number of nitrogens with one attached hydrogen (secondary N) is 3. The first-order chi connectivity index (χ1) is 12.1. The summed E-state index contributed by atoms with van der Waals surface area (Å²) in [6, 6.07) is 12.4. The molecule has 0 aliphatic heterocycles. The Morgan fingerprint density at radius 3 is 2.48 bits per heavy atom. The van der Waals surface area contributed by atoms with Crippen LogP contribution in [0.15, 0.2) is 48.7 Å². The van der Waals surface area contributed by atoms with Gasteiger partial charge in [0.2, 0.25) is 5.91 Å². The van der Waals surface area contributed by atoms with E-state index in [1.54, 1.807) is 30.5 Å². The van der Waals surface area contributed by atoms with E-state index in [-0.39, 0.29) is 11.9 Å². The van der Waals surface area contributed by atoms with Gasteiger partial charge in [0.25, 0.3) is 0 Å². The molecular formula is C18H21ClN4O2. The summed E-state index contributed by atoms with van der Waals surface area (Å²) in [7, 11) is 0. The highest BCUT2D eigenvalue weighted by Crippen LogP contribution is 2.13. The van der Waals surface area contributed by atoms with Crippen LogP contribution < -0.4 is 16.0 Å². The molecule has 0 radical (unpaired) electrons. The Bertz CT molecular complexity index is 677. The molecule has 0 saturated carbocycles. The molecule has 7 heteroatoms. The lowest BCUT2D eigenvalue weighted by Crippen LogP contribution is -2.37. The molecule has 25 heavy (non-hydrogen) atoms. The summed E-state index contributed by atoms with van der Waals surface area (Å²) < 4.78 is 0. The van der Waals surface area contributed by atoms with Crippen molar-refractivity contribution in [2.75, 3.05) is 18.4 Å². The Labute approximate surface area is 152 Å². The number of amides is 3. The van der Waals surface area contributed by atoms with Crippen LogP contribution in [-0.4, -0.2) is 30.0 Å². The van der Waals surface area contributed by atoms with E-state index in [1.165, 1.54) is 0 Å². The maximum Gasteiger partial charge on any atom is 0.314 e. The average molecular weight is 361 g/mol. The van der Waals surface area contributed by atoms with Crippen molar-refractivity contribution in [2.45, 2.75) is 19.3 Å². The van der Waals surface area contributed by atoms with Crippen LogP contribution in [0.4, 0.5) is 10.5 Å². The summed E-state index contributed by atoms with van der Waals surface area (Å²) in [4.78, 5) is 27.6. The quantitative estimate of drug-likeness (QED) is 0.633. The maximum absolute atomic E-state index is 11.8. The van der Waals surface area contributed by atoms with E-state index in [1.807, 2.05) is 18.2 Å². The van der Waals surface area contributed by atoms with Crippen molar-refractivity contribution >= 4 is 29.2 Å². The molecule has 3 N–H and O–H groups in total. The Morgan fingerprint density at radius 1 is 1.00 bits per heavy atom. The van der Waals surface area contributed by atoms with E-state index in [2.05, 4.69) is 20.9 Å². The van der Waals surface area contributed by atoms with E-state index < -0.39 is 0 Å². The molecule has 0 unspecified atom stereocenters. The molecular weight excluding hydrogens is 340 g/mol. The second-order valence-corrected chi connectivity index (χ2v) is 5.85. The van der Waals surface area contributed by atoms with Gasteiger partial charge in [-0.15, -0.1) is 0 Å². The number of anilines is 1. The number of carbonyl (C=O) groups excluding carboxylic acids is 2. The molecule has 1 heterocycles. The number of carbonyl (C=O) groups is 2. The molecule has 0 aliphatic carbocycles. The van der Waals surface area contributed by atoms with Crippen molar-refractivity contribution in [1.29, 1.82) is 0 Å². The topological polar surface area (TPSA) is 83.1 Å². The number of benzene rings is 1. The van der Waals surface area contributed by atoms with Crippen LogP contribution in [-0.2, 0) is 11.2 Å². The SMILES string of the molecule is O=C(CCCNC(=O)NCCc1ccccn1)Nc1ccc(Cl)cc1. The van der Waals surface area contributed by atoms with Gasteiger partial charge in [-0.3, -0.25) is 9.78 Å². The van der Waals surface area contributed by atoms with E-state index in [0.717, 1.165) is 5.69 Å². The second kappa shape index (κ2) is 10.3. The molecule has 1 aromatic carbocycles. The van der Waals surface area contributed by atoms with Gasteiger partial charge in [-0.2, -0.15) is 0 Å². The summed E-state index contributed by atoms with van der Waals surface area (Å²) in [5.74, 6) is -0.0975. The minimum absolute atomic E-state index is 0.0975. The van der Waals surface area contributed by atoms with Crippen LogP contribution >= 0.6 is 11.6 Å². The summed E-state index contributed by atoms with van der Waals surface area (Å²) in [6.45, 7) is 0.948. The summed E-state index contributed by atoms with van der Waals surface area (Å²) in [5.41, 5.74) is 1.64. The number of urea groups is 1. The molecule has 0 atom stereocenters. The van der Waals surface area contributed by atoms with Crippen LogP contribution in [0.3, 0.4) is 0 Å². The normalized spacial score (nSPS) is 10.1. The average Bonchev–Trinajstić information content (AvgIpc) is 2.62. The molecule has 0 bridgehead atoms. The zero-order chi connectivity index (χ0) is 17.9. The molecule has 2 aromatic rings. The molecule has 6 nitrogen and oxygen atoms in total. The van der Waals surface area contributed by atoms with E-state index in [0.29, 0.717) is 43.1 Å². The molecule has 2 rings (SSSR count). The Morgan fingerprint density at radius 2 is 1.76 bits per heavy atom. The minimum Gasteiger partial charge on any atom is -0.338 e. The largest absolute Gasteiger partial charge is 0.338 e. The van der Waals surface area contributed by atoms with Crippen LogP contribution in [0.1, 0.15) is 18.5 Å². The summed E-state index contributed by atoms with van der Waals surface area (Å²) in [5, 5.41) is 8.89. The van der Waals surface area contributed by atoms with Gasteiger partial charge in [0.05, 0.1) is 0 Å². The number of rotatable bonds is 8. The predicted molar refractivity (Wildman–Crippen MR) is 98.7 cm³/mol. The van der Waals surface area contributed by atoms with Gasteiger partial charge in [-0.05, 0) is 42.8 Å². The van der Waals surface area contributed by atoms with E-state index in [9.17, 15) is 9.59 Å². The zero-order valence-electron chi connectivity index (χ0n) is 13.8. The first kappa shape index (κ1) is 18.7. The third-order valence-electron chi connectivity index (χ3n) is 3.39. The first-order valence-corrected chi connectivity index (χ1v) is 8.48. The zero-order valence-corrected chi connectivity index (χ0v) is 14.6. The highest BCUT2D eigenvalue weighted by atomic mass is 35.5. The van der Waals surface area contributed by atoms with Crippen LogP contribution in [0.2, 0.25) is 5.02 Å². The fourth-order valence-electron chi connectivity index (χ4n) is 2.12. The molecule has 0 saturated heterocycles. The van der Waals surface area contributed by atoms with E-state index >= 15 is 0 Å². The van der Waals surface area contributed by atoms with Crippen molar-refractivity contribution < 1.29 is 9.59 Å². The summed E-state index contributed by atoms with van der Waals surface area (Å²) in [6.07, 6.45) is 3.30. The van der Waals surface area contributed by atoms with Crippen molar-refractivity contribution in [3.05, 3.63) is 59.4 Å². The number of nitrogens with zero attached hydrogens (tertiary/aromatic N) is 1. The molecule has 132 valence electrons. The van der Waals surface area contributed by atoms with Crippen LogP contribution in [0.25, 0.3) is 0 Å². The van der Waals surface area contributed by atoms with Gasteiger partial charge in [0.15, 0.2) is 0 Å². The van der Waals surface area contributed by atoms with Gasteiger partial charge in [0, 0.05) is 48.5 Å². The lowest BCUT2D eigenvalue weighted by atomic mass is 10.2. The fraction of sp³-hybridized carbons (Fsp3) is 0.278.